The zero-order chi connectivity index (χ0) is 23.4. The van der Waals surface area contributed by atoms with Crippen LogP contribution in [0.2, 0.25) is 4.34 Å². The largest absolute Gasteiger partial charge is 0.442 e. The first-order chi connectivity index (χ1) is 15.9. The fourth-order valence-corrected chi connectivity index (χ4v) is 4.90. The van der Waals surface area contributed by atoms with Crippen molar-refractivity contribution in [1.82, 2.24) is 5.32 Å². The normalized spacial score (nSPS) is 17.9. The summed E-state index contributed by atoms with van der Waals surface area (Å²) in [5, 5.41) is 5.71. The Labute approximate surface area is 200 Å². The van der Waals surface area contributed by atoms with Gasteiger partial charge in [-0.2, -0.15) is 0 Å². The molecule has 1 aromatic heterocycles. The molecule has 1 unspecified atom stereocenters. The van der Waals surface area contributed by atoms with Gasteiger partial charge in [0.15, 0.2) is 0 Å². The highest BCUT2D eigenvalue weighted by Gasteiger charge is 2.33. The Bertz CT molecular complexity index is 1040. The molecule has 0 bridgehead atoms. The molecule has 33 heavy (non-hydrogen) atoms. The van der Waals surface area contributed by atoms with E-state index in [0.29, 0.717) is 20.6 Å². The van der Waals surface area contributed by atoms with Crippen LogP contribution in [-0.2, 0) is 9.53 Å². The number of cyclic esters (lactones) is 1. The van der Waals surface area contributed by atoms with Crippen molar-refractivity contribution < 1.29 is 19.1 Å². The fourth-order valence-electron chi connectivity index (χ4n) is 3.94. The summed E-state index contributed by atoms with van der Waals surface area (Å²) >= 11 is 7.07. The summed E-state index contributed by atoms with van der Waals surface area (Å²) in [5.74, 6) is -0.436. The molecule has 11 heteroatoms. The van der Waals surface area contributed by atoms with Gasteiger partial charge in [-0.15, -0.1) is 11.3 Å². The quantitative estimate of drug-likeness (QED) is 0.522. The van der Waals surface area contributed by atoms with E-state index in [9.17, 15) is 14.4 Å². The number of carbonyl (C=O) groups excluding carboxylic acids is 3. The molecule has 0 radical (unpaired) electrons. The maximum atomic E-state index is 12.5. The lowest BCUT2D eigenvalue weighted by atomic mass is 10.2. The van der Waals surface area contributed by atoms with Crippen molar-refractivity contribution in [2.24, 2.45) is 5.73 Å². The standard InChI is InChI=1S/C22H26ClN5O4S/c23-19-6-5-18(33-19)21(30)25-12-15-13-28(22(31)32-15)14-3-4-17(27-9-1-2-10-27)16(11-14)26-20(29)7-8-24/h3-6,11,15H,1-2,7-10,12-13,24H2,(H,25,30)(H,26,29). The highest BCUT2D eigenvalue weighted by atomic mass is 35.5. The Kier molecular flexibility index (Phi) is 7.36. The fraction of sp³-hybridized carbons (Fsp3) is 0.409. The van der Waals surface area contributed by atoms with Crippen LogP contribution in [-0.4, -0.2) is 56.7 Å². The molecule has 3 amide bonds. The van der Waals surface area contributed by atoms with Gasteiger partial charge in [0.05, 0.1) is 33.7 Å². The highest BCUT2D eigenvalue weighted by molar-refractivity contribution is 7.18. The summed E-state index contributed by atoms with van der Waals surface area (Å²) in [6.07, 6.45) is 1.42. The number of rotatable bonds is 8. The van der Waals surface area contributed by atoms with Crippen LogP contribution < -0.4 is 26.2 Å². The van der Waals surface area contributed by atoms with Crippen molar-refractivity contribution in [3.63, 3.8) is 0 Å². The molecule has 1 aromatic carbocycles. The summed E-state index contributed by atoms with van der Waals surface area (Å²) in [6, 6.07) is 8.87. The molecule has 4 rings (SSSR count). The molecule has 2 fully saturated rings. The van der Waals surface area contributed by atoms with E-state index in [0.717, 1.165) is 31.6 Å². The lowest BCUT2D eigenvalue weighted by molar-refractivity contribution is -0.116. The molecule has 2 aromatic rings. The number of hydrogen-bond acceptors (Lipinski definition) is 7. The van der Waals surface area contributed by atoms with E-state index in [2.05, 4.69) is 15.5 Å². The number of benzene rings is 1. The van der Waals surface area contributed by atoms with E-state index in [1.165, 1.54) is 16.2 Å². The van der Waals surface area contributed by atoms with Gasteiger partial charge in [-0.05, 0) is 43.2 Å². The number of nitrogens with two attached hydrogens (primary N) is 1. The van der Waals surface area contributed by atoms with E-state index in [1.807, 2.05) is 12.1 Å². The van der Waals surface area contributed by atoms with Crippen LogP contribution in [0, 0.1) is 0 Å². The Morgan fingerprint density at radius 1 is 1.21 bits per heavy atom. The van der Waals surface area contributed by atoms with Crippen LogP contribution in [0.25, 0.3) is 0 Å². The molecule has 9 nitrogen and oxygen atoms in total. The predicted octanol–water partition coefficient (Wildman–Crippen LogP) is 3.04. The Balaban J connectivity index is 1.45. The molecule has 3 heterocycles. The van der Waals surface area contributed by atoms with Gasteiger partial charge >= 0.3 is 6.09 Å². The highest BCUT2D eigenvalue weighted by Crippen LogP contribution is 2.34. The second-order valence-electron chi connectivity index (χ2n) is 7.91. The van der Waals surface area contributed by atoms with Gasteiger partial charge in [-0.25, -0.2) is 4.79 Å². The first kappa shape index (κ1) is 23.3. The lowest BCUT2D eigenvalue weighted by Crippen LogP contribution is -2.34. The molecule has 0 saturated carbocycles. The van der Waals surface area contributed by atoms with Gasteiger partial charge < -0.3 is 26.0 Å². The zero-order valence-corrected chi connectivity index (χ0v) is 19.6. The topological polar surface area (TPSA) is 117 Å². The number of amides is 3. The Morgan fingerprint density at radius 2 is 2.00 bits per heavy atom. The molecule has 2 aliphatic rings. The Hall–Kier alpha value is -2.82. The van der Waals surface area contributed by atoms with Gasteiger partial charge in [-0.3, -0.25) is 14.5 Å². The maximum Gasteiger partial charge on any atom is 0.414 e. The molecule has 2 aliphatic heterocycles. The van der Waals surface area contributed by atoms with Crippen LogP contribution in [0.15, 0.2) is 30.3 Å². The van der Waals surface area contributed by atoms with Gasteiger partial charge in [0.1, 0.15) is 6.10 Å². The number of halogens is 1. The molecule has 0 spiro atoms. The van der Waals surface area contributed by atoms with Crippen LogP contribution in [0.1, 0.15) is 28.9 Å². The minimum Gasteiger partial charge on any atom is -0.442 e. The minimum absolute atomic E-state index is 0.173. The zero-order valence-electron chi connectivity index (χ0n) is 18.0. The number of anilines is 3. The van der Waals surface area contributed by atoms with Gasteiger partial charge in [0, 0.05) is 31.7 Å². The molecule has 176 valence electrons. The van der Waals surface area contributed by atoms with Gasteiger partial charge in [-0.1, -0.05) is 11.6 Å². The van der Waals surface area contributed by atoms with Gasteiger partial charge in [0.25, 0.3) is 5.91 Å². The molecular weight excluding hydrogens is 466 g/mol. The van der Waals surface area contributed by atoms with Crippen LogP contribution >= 0.6 is 22.9 Å². The summed E-state index contributed by atoms with van der Waals surface area (Å²) < 4.78 is 5.98. The van der Waals surface area contributed by atoms with Crippen molar-refractivity contribution >= 4 is 57.9 Å². The number of hydrogen-bond donors (Lipinski definition) is 3. The monoisotopic (exact) mass is 491 g/mol. The van der Waals surface area contributed by atoms with E-state index in [1.54, 1.807) is 18.2 Å². The average Bonchev–Trinajstić information content (AvgIpc) is 3.54. The average molecular weight is 492 g/mol. The van der Waals surface area contributed by atoms with Crippen LogP contribution in [0.4, 0.5) is 21.9 Å². The first-order valence-electron chi connectivity index (χ1n) is 10.8. The summed E-state index contributed by atoms with van der Waals surface area (Å²) in [7, 11) is 0. The summed E-state index contributed by atoms with van der Waals surface area (Å²) in [6.45, 7) is 2.56. The maximum absolute atomic E-state index is 12.5. The molecule has 1 atom stereocenters. The number of nitrogens with zero attached hydrogens (tertiary/aromatic N) is 2. The van der Waals surface area contributed by atoms with Crippen molar-refractivity contribution in [2.45, 2.75) is 25.4 Å². The molecule has 2 saturated heterocycles. The van der Waals surface area contributed by atoms with E-state index < -0.39 is 12.2 Å². The third-order valence-electron chi connectivity index (χ3n) is 5.55. The van der Waals surface area contributed by atoms with Crippen LogP contribution in [0.5, 0.6) is 0 Å². The van der Waals surface area contributed by atoms with E-state index >= 15 is 0 Å². The number of thiophene rings is 1. The van der Waals surface area contributed by atoms with Crippen molar-refractivity contribution in [3.05, 3.63) is 39.5 Å². The number of nitrogens with one attached hydrogen (secondary N) is 2. The minimum atomic E-state index is -0.499. The van der Waals surface area contributed by atoms with Crippen molar-refractivity contribution in [3.8, 4) is 0 Å². The van der Waals surface area contributed by atoms with Crippen molar-refractivity contribution in [1.29, 1.82) is 0 Å². The van der Waals surface area contributed by atoms with Crippen molar-refractivity contribution in [2.75, 3.05) is 47.8 Å². The number of carbonyl (C=O) groups is 3. The summed E-state index contributed by atoms with van der Waals surface area (Å²) in [5.41, 5.74) is 7.70. The Morgan fingerprint density at radius 3 is 2.70 bits per heavy atom. The lowest BCUT2D eigenvalue weighted by Gasteiger charge is -2.24. The van der Waals surface area contributed by atoms with Gasteiger partial charge in [0.2, 0.25) is 5.91 Å². The first-order valence-corrected chi connectivity index (χ1v) is 12.0. The number of ether oxygens (including phenoxy) is 1. The molecule has 4 N–H and O–H groups in total. The second kappa shape index (κ2) is 10.4. The third kappa shape index (κ3) is 5.58. The third-order valence-corrected chi connectivity index (χ3v) is 6.78. The second-order valence-corrected chi connectivity index (χ2v) is 9.63. The SMILES string of the molecule is NCCC(=O)Nc1cc(N2CC(CNC(=O)c3ccc(Cl)s3)OC2=O)ccc1N1CCCC1. The molecule has 0 aliphatic carbocycles. The van der Waals surface area contributed by atoms with Crippen LogP contribution in [0.3, 0.4) is 0 Å². The van der Waals surface area contributed by atoms with E-state index in [-0.39, 0.29) is 37.9 Å². The summed E-state index contributed by atoms with van der Waals surface area (Å²) in [4.78, 5) is 41.2. The van der Waals surface area contributed by atoms with E-state index in [4.69, 9.17) is 22.1 Å². The smallest absolute Gasteiger partial charge is 0.414 e. The molecular formula is C22H26ClN5O4S. The predicted molar refractivity (Wildman–Crippen MR) is 129 cm³/mol.